The monoisotopic (exact) mass is 220 g/mol. The summed E-state index contributed by atoms with van der Waals surface area (Å²) in [6, 6.07) is 1.82. The molecule has 0 aliphatic rings. The second-order valence-corrected chi connectivity index (χ2v) is 3.92. The topological polar surface area (TPSA) is 29.3 Å². The van der Waals surface area contributed by atoms with Crippen LogP contribution in [0.2, 0.25) is 0 Å². The summed E-state index contributed by atoms with van der Waals surface area (Å²) in [5.74, 6) is 0. The zero-order valence-electron chi connectivity index (χ0n) is 7.99. The molecule has 1 unspecified atom stereocenters. The molecule has 1 aromatic heterocycles. The summed E-state index contributed by atoms with van der Waals surface area (Å²) in [4.78, 5) is 1.59. The normalized spacial score (nSPS) is 13.9. The van der Waals surface area contributed by atoms with Crippen LogP contribution >= 0.6 is 11.3 Å². The van der Waals surface area contributed by atoms with E-state index in [0.717, 1.165) is 5.56 Å². The van der Waals surface area contributed by atoms with Gasteiger partial charge in [0.2, 0.25) is 0 Å². The zero-order valence-corrected chi connectivity index (χ0v) is 8.81. The highest BCUT2D eigenvalue weighted by Gasteiger charge is 2.18. The molecule has 0 spiro atoms. The number of rotatable bonds is 5. The SMILES string of the molecule is CN(CC(F)F)C(CN)c1ccsc1. The summed E-state index contributed by atoms with van der Waals surface area (Å²) in [7, 11) is 1.67. The van der Waals surface area contributed by atoms with E-state index in [-0.39, 0.29) is 12.6 Å². The van der Waals surface area contributed by atoms with Crippen molar-refractivity contribution in [2.75, 3.05) is 20.1 Å². The predicted octanol–water partition coefficient (Wildman–Crippen LogP) is 1.94. The van der Waals surface area contributed by atoms with Crippen LogP contribution in [0.5, 0.6) is 0 Å². The Balaban J connectivity index is 2.62. The fraction of sp³-hybridized carbons (Fsp3) is 0.556. The molecule has 0 amide bonds. The molecule has 1 heterocycles. The van der Waals surface area contributed by atoms with Gasteiger partial charge in [0.05, 0.1) is 6.54 Å². The first-order valence-corrected chi connectivity index (χ1v) is 5.30. The van der Waals surface area contributed by atoms with Crippen molar-refractivity contribution in [1.29, 1.82) is 0 Å². The van der Waals surface area contributed by atoms with Crippen molar-refractivity contribution < 1.29 is 8.78 Å². The van der Waals surface area contributed by atoms with E-state index in [1.807, 2.05) is 16.8 Å². The van der Waals surface area contributed by atoms with Gasteiger partial charge in [0, 0.05) is 12.6 Å². The van der Waals surface area contributed by atoms with E-state index in [4.69, 9.17) is 5.73 Å². The van der Waals surface area contributed by atoms with E-state index in [2.05, 4.69) is 0 Å². The summed E-state index contributed by atoms with van der Waals surface area (Å²) < 4.78 is 24.3. The van der Waals surface area contributed by atoms with Gasteiger partial charge in [0.25, 0.3) is 6.43 Å². The largest absolute Gasteiger partial charge is 0.329 e. The smallest absolute Gasteiger partial charge is 0.251 e. The second kappa shape index (κ2) is 5.38. The van der Waals surface area contributed by atoms with Crippen LogP contribution in [0.15, 0.2) is 16.8 Å². The van der Waals surface area contributed by atoms with Crippen molar-refractivity contribution >= 4 is 11.3 Å². The molecule has 1 aromatic rings. The van der Waals surface area contributed by atoms with Crippen LogP contribution in [0.25, 0.3) is 0 Å². The van der Waals surface area contributed by atoms with Crippen LogP contribution in [0.1, 0.15) is 11.6 Å². The maximum atomic E-state index is 12.1. The summed E-state index contributed by atoms with van der Waals surface area (Å²) in [5, 5.41) is 3.87. The maximum Gasteiger partial charge on any atom is 0.251 e. The Labute approximate surface area is 86.3 Å². The molecule has 0 saturated heterocycles. The molecule has 0 aliphatic carbocycles. The molecule has 0 aromatic carbocycles. The zero-order chi connectivity index (χ0) is 10.6. The number of nitrogens with two attached hydrogens (primary N) is 1. The fourth-order valence-corrected chi connectivity index (χ4v) is 2.09. The number of hydrogen-bond donors (Lipinski definition) is 1. The van der Waals surface area contributed by atoms with E-state index in [1.165, 1.54) is 0 Å². The van der Waals surface area contributed by atoms with E-state index in [0.29, 0.717) is 6.54 Å². The molecule has 0 saturated carbocycles. The lowest BCUT2D eigenvalue weighted by Crippen LogP contribution is -2.33. The second-order valence-electron chi connectivity index (χ2n) is 3.14. The molecule has 0 bridgehead atoms. The molecule has 2 nitrogen and oxygen atoms in total. The summed E-state index contributed by atoms with van der Waals surface area (Å²) in [6.45, 7) is 0.123. The molecule has 0 radical (unpaired) electrons. The van der Waals surface area contributed by atoms with Crippen LogP contribution in [-0.4, -0.2) is 31.5 Å². The van der Waals surface area contributed by atoms with Gasteiger partial charge in [-0.15, -0.1) is 0 Å². The highest BCUT2D eigenvalue weighted by Crippen LogP contribution is 2.21. The van der Waals surface area contributed by atoms with Gasteiger partial charge in [-0.05, 0) is 29.4 Å². The predicted molar refractivity (Wildman–Crippen MR) is 54.7 cm³/mol. The van der Waals surface area contributed by atoms with E-state index < -0.39 is 6.43 Å². The molecule has 1 atom stereocenters. The fourth-order valence-electron chi connectivity index (χ4n) is 1.38. The summed E-state index contributed by atoms with van der Waals surface area (Å²) in [5.41, 5.74) is 6.57. The van der Waals surface area contributed by atoms with E-state index in [1.54, 1.807) is 23.3 Å². The van der Waals surface area contributed by atoms with Crippen molar-refractivity contribution in [2.24, 2.45) is 5.73 Å². The van der Waals surface area contributed by atoms with Gasteiger partial charge in [0.15, 0.2) is 0 Å². The first-order valence-electron chi connectivity index (χ1n) is 4.35. The minimum absolute atomic E-state index is 0.102. The van der Waals surface area contributed by atoms with Crippen LogP contribution in [0.3, 0.4) is 0 Å². The average molecular weight is 220 g/mol. The van der Waals surface area contributed by atoms with Gasteiger partial charge < -0.3 is 5.73 Å². The van der Waals surface area contributed by atoms with Crippen LogP contribution in [0.4, 0.5) is 8.78 Å². The molecular weight excluding hydrogens is 206 g/mol. The Hall–Kier alpha value is -0.520. The Kier molecular flexibility index (Phi) is 4.44. The van der Waals surface area contributed by atoms with Gasteiger partial charge in [-0.1, -0.05) is 0 Å². The standard InChI is InChI=1S/C9H14F2N2S/c1-13(5-9(10)11)8(4-12)7-2-3-14-6-7/h2-3,6,8-9H,4-5,12H2,1H3. The van der Waals surface area contributed by atoms with E-state index >= 15 is 0 Å². The molecule has 5 heteroatoms. The first kappa shape index (κ1) is 11.6. The van der Waals surface area contributed by atoms with Crippen LogP contribution < -0.4 is 5.73 Å². The molecule has 14 heavy (non-hydrogen) atoms. The lowest BCUT2D eigenvalue weighted by Gasteiger charge is -2.25. The van der Waals surface area contributed by atoms with Crippen molar-refractivity contribution in [1.82, 2.24) is 4.90 Å². The summed E-state index contributed by atoms with van der Waals surface area (Å²) in [6.07, 6.45) is -2.31. The quantitative estimate of drug-likeness (QED) is 0.821. The lowest BCUT2D eigenvalue weighted by atomic mass is 10.1. The number of nitrogens with zero attached hydrogens (tertiary/aromatic N) is 1. The Morgan fingerprint density at radius 2 is 2.29 bits per heavy atom. The number of likely N-dealkylation sites (N-methyl/N-ethyl adjacent to an activating group) is 1. The number of thiophene rings is 1. The lowest BCUT2D eigenvalue weighted by molar-refractivity contribution is 0.0823. The van der Waals surface area contributed by atoms with Gasteiger partial charge >= 0.3 is 0 Å². The van der Waals surface area contributed by atoms with Crippen molar-refractivity contribution in [3.8, 4) is 0 Å². The molecular formula is C9H14F2N2S. The third-order valence-corrected chi connectivity index (χ3v) is 2.81. The molecule has 0 aliphatic heterocycles. The number of hydrogen-bond acceptors (Lipinski definition) is 3. The third kappa shape index (κ3) is 3.01. The van der Waals surface area contributed by atoms with Gasteiger partial charge in [-0.3, -0.25) is 4.90 Å². The number of halogens is 2. The number of alkyl halides is 2. The van der Waals surface area contributed by atoms with Gasteiger partial charge in [-0.2, -0.15) is 11.3 Å². The minimum atomic E-state index is -2.31. The molecule has 2 N–H and O–H groups in total. The highest BCUT2D eigenvalue weighted by molar-refractivity contribution is 7.07. The minimum Gasteiger partial charge on any atom is -0.329 e. The van der Waals surface area contributed by atoms with Crippen molar-refractivity contribution in [2.45, 2.75) is 12.5 Å². The summed E-state index contributed by atoms with van der Waals surface area (Å²) >= 11 is 1.55. The van der Waals surface area contributed by atoms with E-state index in [9.17, 15) is 8.78 Å². The highest BCUT2D eigenvalue weighted by atomic mass is 32.1. The molecule has 80 valence electrons. The maximum absolute atomic E-state index is 12.1. The van der Waals surface area contributed by atoms with Crippen molar-refractivity contribution in [3.63, 3.8) is 0 Å². The third-order valence-electron chi connectivity index (χ3n) is 2.11. The van der Waals surface area contributed by atoms with Crippen LogP contribution in [0, 0.1) is 0 Å². The Morgan fingerprint density at radius 3 is 2.71 bits per heavy atom. The molecule has 0 fully saturated rings. The van der Waals surface area contributed by atoms with Gasteiger partial charge in [0.1, 0.15) is 0 Å². The average Bonchev–Trinajstić information content (AvgIpc) is 2.57. The Morgan fingerprint density at radius 1 is 1.57 bits per heavy atom. The van der Waals surface area contributed by atoms with Gasteiger partial charge in [-0.25, -0.2) is 8.78 Å². The first-order chi connectivity index (χ1) is 6.65. The van der Waals surface area contributed by atoms with Crippen molar-refractivity contribution in [3.05, 3.63) is 22.4 Å². The molecule has 1 rings (SSSR count). The van der Waals surface area contributed by atoms with Crippen LogP contribution in [-0.2, 0) is 0 Å². The Bertz CT molecular complexity index is 251.